The van der Waals surface area contributed by atoms with Gasteiger partial charge >= 0.3 is 0 Å². The number of hydrogen-bond donors (Lipinski definition) is 1. The fourth-order valence-corrected chi connectivity index (χ4v) is 3.14. The second-order valence-electron chi connectivity index (χ2n) is 6.07. The van der Waals surface area contributed by atoms with Crippen molar-refractivity contribution < 1.29 is 4.79 Å². The molecule has 0 aliphatic heterocycles. The number of rotatable bonds is 5. The molecule has 0 bridgehead atoms. The van der Waals surface area contributed by atoms with E-state index in [9.17, 15) is 4.79 Å². The van der Waals surface area contributed by atoms with Crippen molar-refractivity contribution in [1.29, 1.82) is 0 Å². The summed E-state index contributed by atoms with van der Waals surface area (Å²) in [5.74, 6) is -0.146. The molecule has 0 unspecified atom stereocenters. The number of amides is 1. The van der Waals surface area contributed by atoms with E-state index in [1.165, 1.54) is 0 Å². The van der Waals surface area contributed by atoms with Gasteiger partial charge in [-0.05, 0) is 37.6 Å². The third-order valence-corrected chi connectivity index (χ3v) is 4.48. The number of carbonyl (C=O) groups excluding carboxylic acids is 1. The van der Waals surface area contributed by atoms with Gasteiger partial charge in [0.05, 0.1) is 23.3 Å². The largest absolute Gasteiger partial charge is 0.316 e. The maximum Gasteiger partial charge on any atom is 0.244 e. The Hall–Kier alpha value is -2.85. The molecule has 0 radical (unpaired) electrons. The number of halogens is 1. The van der Waals surface area contributed by atoms with Crippen molar-refractivity contribution >= 4 is 23.7 Å². The molecule has 1 aromatic heterocycles. The summed E-state index contributed by atoms with van der Waals surface area (Å²) < 4.78 is 2.08. The van der Waals surface area contributed by atoms with Crippen LogP contribution in [-0.2, 0) is 11.2 Å². The average Bonchev–Trinajstić information content (AvgIpc) is 2.90. The van der Waals surface area contributed by atoms with E-state index in [0.717, 1.165) is 28.2 Å². The molecule has 4 nitrogen and oxygen atoms in total. The van der Waals surface area contributed by atoms with Crippen molar-refractivity contribution in [2.24, 2.45) is 5.10 Å². The normalized spacial score (nSPS) is 11.0. The quantitative estimate of drug-likeness (QED) is 0.527. The maximum absolute atomic E-state index is 12.0. The van der Waals surface area contributed by atoms with E-state index >= 15 is 0 Å². The topological polar surface area (TPSA) is 46.4 Å². The summed E-state index contributed by atoms with van der Waals surface area (Å²) in [6, 6.07) is 19.3. The highest BCUT2D eigenvalue weighted by Gasteiger charge is 2.11. The second-order valence-corrected chi connectivity index (χ2v) is 6.48. The van der Waals surface area contributed by atoms with Crippen LogP contribution in [0.5, 0.6) is 0 Å². The monoisotopic (exact) mass is 365 g/mol. The average molecular weight is 366 g/mol. The molecular weight excluding hydrogens is 346 g/mol. The zero-order chi connectivity index (χ0) is 18.5. The molecule has 5 heteroatoms. The molecule has 3 rings (SSSR count). The van der Waals surface area contributed by atoms with E-state index < -0.39 is 0 Å². The van der Waals surface area contributed by atoms with Crippen LogP contribution in [-0.4, -0.2) is 16.7 Å². The van der Waals surface area contributed by atoms with E-state index in [-0.39, 0.29) is 5.91 Å². The van der Waals surface area contributed by atoms with Crippen molar-refractivity contribution in [3.8, 4) is 5.69 Å². The molecule has 132 valence electrons. The minimum absolute atomic E-state index is 0.146. The lowest BCUT2D eigenvalue weighted by Crippen LogP contribution is -2.19. The standard InChI is InChI=1S/C21H20ClN3O/c1-15-12-18(16(2)25(15)20-11-7-6-10-19(20)22)14-23-24-21(26)13-17-8-4-3-5-9-17/h3-12,14H,13H2,1-2H3,(H,24,26)/b23-14+. The minimum Gasteiger partial charge on any atom is -0.316 e. The Kier molecular flexibility index (Phi) is 5.54. The second kappa shape index (κ2) is 8.02. The molecule has 1 amide bonds. The number of nitrogens with one attached hydrogen (secondary N) is 1. The number of hydrazone groups is 1. The lowest BCUT2D eigenvalue weighted by Gasteiger charge is -2.11. The van der Waals surface area contributed by atoms with E-state index in [1.807, 2.05) is 74.5 Å². The SMILES string of the molecule is Cc1cc(/C=N/NC(=O)Cc2ccccc2)c(C)n1-c1ccccc1Cl. The fraction of sp³-hybridized carbons (Fsp3) is 0.143. The van der Waals surface area contributed by atoms with E-state index in [1.54, 1.807) is 6.21 Å². The molecule has 26 heavy (non-hydrogen) atoms. The first-order valence-corrected chi connectivity index (χ1v) is 8.73. The third kappa shape index (κ3) is 4.03. The number of benzene rings is 2. The first-order chi connectivity index (χ1) is 12.6. The summed E-state index contributed by atoms with van der Waals surface area (Å²) in [5, 5.41) is 4.79. The van der Waals surface area contributed by atoms with Gasteiger partial charge < -0.3 is 4.57 Å². The summed E-state index contributed by atoms with van der Waals surface area (Å²) in [7, 11) is 0. The van der Waals surface area contributed by atoms with Crippen LogP contribution in [0.4, 0.5) is 0 Å². The van der Waals surface area contributed by atoms with Crippen molar-refractivity contribution in [2.75, 3.05) is 0 Å². The zero-order valence-electron chi connectivity index (χ0n) is 14.7. The molecule has 2 aromatic carbocycles. The van der Waals surface area contributed by atoms with Gasteiger partial charge in [0.1, 0.15) is 0 Å². The molecule has 0 aliphatic carbocycles. The zero-order valence-corrected chi connectivity index (χ0v) is 15.5. The summed E-state index contributed by atoms with van der Waals surface area (Å²) in [6.07, 6.45) is 1.97. The van der Waals surface area contributed by atoms with Gasteiger partial charge in [0, 0.05) is 17.0 Å². The van der Waals surface area contributed by atoms with Crippen molar-refractivity contribution in [3.63, 3.8) is 0 Å². The Morgan fingerprint density at radius 1 is 1.12 bits per heavy atom. The van der Waals surface area contributed by atoms with E-state index in [0.29, 0.717) is 11.4 Å². The highest BCUT2D eigenvalue weighted by Crippen LogP contribution is 2.25. The number of nitrogens with zero attached hydrogens (tertiary/aromatic N) is 2. The molecule has 1 N–H and O–H groups in total. The fourth-order valence-electron chi connectivity index (χ4n) is 2.92. The third-order valence-electron chi connectivity index (χ3n) is 4.16. The van der Waals surface area contributed by atoms with Gasteiger partial charge in [-0.1, -0.05) is 54.1 Å². The number of aryl methyl sites for hydroxylation is 1. The first-order valence-electron chi connectivity index (χ1n) is 8.36. The number of hydrogen-bond acceptors (Lipinski definition) is 2. The first kappa shape index (κ1) is 18.0. The van der Waals surface area contributed by atoms with Crippen LogP contribution in [0.3, 0.4) is 0 Å². The minimum atomic E-state index is -0.146. The van der Waals surface area contributed by atoms with Gasteiger partial charge in [0.2, 0.25) is 5.91 Å². The molecule has 0 spiro atoms. The molecule has 3 aromatic rings. The Labute approximate surface area is 158 Å². The molecular formula is C21H20ClN3O. The van der Waals surface area contributed by atoms with Crippen molar-refractivity contribution in [2.45, 2.75) is 20.3 Å². The Morgan fingerprint density at radius 2 is 1.81 bits per heavy atom. The van der Waals surface area contributed by atoms with Gasteiger partial charge in [0.15, 0.2) is 0 Å². The van der Waals surface area contributed by atoms with Crippen LogP contribution in [0, 0.1) is 13.8 Å². The highest BCUT2D eigenvalue weighted by atomic mass is 35.5. The molecule has 0 fully saturated rings. The smallest absolute Gasteiger partial charge is 0.244 e. The van der Waals surface area contributed by atoms with Crippen LogP contribution >= 0.6 is 11.6 Å². The van der Waals surface area contributed by atoms with Crippen LogP contribution < -0.4 is 5.43 Å². The maximum atomic E-state index is 12.0. The molecule has 0 saturated heterocycles. The van der Waals surface area contributed by atoms with Crippen molar-refractivity contribution in [3.05, 3.63) is 88.2 Å². The van der Waals surface area contributed by atoms with E-state index in [2.05, 4.69) is 15.1 Å². The number of aromatic nitrogens is 1. The van der Waals surface area contributed by atoms with Gasteiger partial charge in [-0.2, -0.15) is 5.10 Å². The van der Waals surface area contributed by atoms with Crippen LogP contribution in [0.25, 0.3) is 5.69 Å². The highest BCUT2D eigenvalue weighted by molar-refractivity contribution is 6.32. The summed E-state index contributed by atoms with van der Waals surface area (Å²) in [4.78, 5) is 12.0. The molecule has 0 saturated carbocycles. The predicted octanol–water partition coefficient (Wildman–Crippen LogP) is 4.44. The van der Waals surface area contributed by atoms with E-state index in [4.69, 9.17) is 11.6 Å². The molecule has 0 atom stereocenters. The Bertz CT molecular complexity index is 945. The summed E-state index contributed by atoms with van der Waals surface area (Å²) >= 11 is 6.32. The van der Waals surface area contributed by atoms with Gasteiger partial charge in [0.25, 0.3) is 0 Å². The number of carbonyl (C=O) groups is 1. The number of para-hydroxylation sites is 1. The van der Waals surface area contributed by atoms with Crippen LogP contribution in [0.1, 0.15) is 22.5 Å². The molecule has 1 heterocycles. The predicted molar refractivity (Wildman–Crippen MR) is 106 cm³/mol. The van der Waals surface area contributed by atoms with Gasteiger partial charge in [-0.25, -0.2) is 5.43 Å². The van der Waals surface area contributed by atoms with Crippen LogP contribution in [0.2, 0.25) is 5.02 Å². The lowest BCUT2D eigenvalue weighted by molar-refractivity contribution is -0.120. The Balaban J connectivity index is 1.73. The summed E-state index contributed by atoms with van der Waals surface area (Å²) in [6.45, 7) is 4.02. The molecule has 0 aliphatic rings. The van der Waals surface area contributed by atoms with Crippen LogP contribution in [0.15, 0.2) is 65.8 Å². The van der Waals surface area contributed by atoms with Gasteiger partial charge in [-0.15, -0.1) is 0 Å². The summed E-state index contributed by atoms with van der Waals surface area (Å²) in [5.41, 5.74) is 7.46. The van der Waals surface area contributed by atoms with Gasteiger partial charge in [-0.3, -0.25) is 4.79 Å². The van der Waals surface area contributed by atoms with Crippen molar-refractivity contribution in [1.82, 2.24) is 9.99 Å². The Morgan fingerprint density at radius 3 is 2.54 bits per heavy atom. The lowest BCUT2D eigenvalue weighted by atomic mass is 10.1.